The van der Waals surface area contributed by atoms with Crippen LogP contribution in [-0.2, 0) is 12.8 Å². The maximum atomic E-state index is 6.19. The second kappa shape index (κ2) is 6.37. The number of nitrogens with zero attached hydrogens (tertiary/aromatic N) is 2. The van der Waals surface area contributed by atoms with Crippen molar-refractivity contribution >= 4 is 23.4 Å². The van der Waals surface area contributed by atoms with Gasteiger partial charge in [-0.1, -0.05) is 71.9 Å². The van der Waals surface area contributed by atoms with Crippen LogP contribution < -0.4 is 0 Å². The highest BCUT2D eigenvalue weighted by atomic mass is 35.5. The summed E-state index contributed by atoms with van der Waals surface area (Å²) in [5.74, 6) is 0.818. The molecule has 3 rings (SSSR count). The van der Waals surface area contributed by atoms with Crippen molar-refractivity contribution in [2.45, 2.75) is 10.9 Å². The molecule has 1 aromatic heterocycles. The summed E-state index contributed by atoms with van der Waals surface area (Å²) in [6.07, 6.45) is 1.92. The van der Waals surface area contributed by atoms with Crippen molar-refractivity contribution in [3.63, 3.8) is 0 Å². The fraction of sp³-hybridized carbons (Fsp3) is 0.118. The minimum absolute atomic E-state index is 0.808. The van der Waals surface area contributed by atoms with Gasteiger partial charge in [-0.2, -0.15) is 0 Å². The summed E-state index contributed by atoms with van der Waals surface area (Å²) in [4.78, 5) is 4.52. The Morgan fingerprint density at radius 2 is 1.76 bits per heavy atom. The first-order valence-electron chi connectivity index (χ1n) is 6.69. The van der Waals surface area contributed by atoms with E-state index in [-0.39, 0.29) is 0 Å². The van der Waals surface area contributed by atoms with Crippen LogP contribution in [0.2, 0.25) is 5.02 Å². The average Bonchev–Trinajstić information content (AvgIpc) is 2.88. The first kappa shape index (κ1) is 14.2. The lowest BCUT2D eigenvalue weighted by molar-refractivity contribution is 0.796. The van der Waals surface area contributed by atoms with Gasteiger partial charge in [0.2, 0.25) is 0 Å². The molecule has 0 saturated heterocycles. The molecular formula is C17H15ClN2S. The van der Waals surface area contributed by atoms with Crippen molar-refractivity contribution in [1.29, 1.82) is 0 Å². The fourth-order valence-corrected chi connectivity index (χ4v) is 3.40. The zero-order valence-electron chi connectivity index (χ0n) is 11.7. The Morgan fingerprint density at radius 1 is 1.05 bits per heavy atom. The monoisotopic (exact) mass is 314 g/mol. The van der Waals surface area contributed by atoms with Crippen LogP contribution in [0.5, 0.6) is 0 Å². The molecule has 0 atom stereocenters. The van der Waals surface area contributed by atoms with Crippen LogP contribution in [0.3, 0.4) is 0 Å². The van der Waals surface area contributed by atoms with Crippen LogP contribution in [0.15, 0.2) is 66.0 Å². The van der Waals surface area contributed by atoms with E-state index in [1.807, 2.05) is 49.6 Å². The maximum Gasteiger partial charge on any atom is 0.168 e. The van der Waals surface area contributed by atoms with Crippen LogP contribution in [0.25, 0.3) is 11.3 Å². The number of thioether (sulfide) groups is 1. The average molecular weight is 315 g/mol. The quantitative estimate of drug-likeness (QED) is 0.628. The van der Waals surface area contributed by atoms with Gasteiger partial charge in [-0.05, 0) is 17.2 Å². The van der Waals surface area contributed by atoms with Crippen LogP contribution in [0.4, 0.5) is 0 Å². The highest BCUT2D eigenvalue weighted by Crippen LogP contribution is 2.28. The number of halogens is 1. The molecular weight excluding hydrogens is 300 g/mol. The SMILES string of the molecule is Cn1c(-c2ccccc2)cnc1SCc1ccccc1Cl. The molecule has 2 nitrogen and oxygen atoms in total. The van der Waals surface area contributed by atoms with Gasteiger partial charge >= 0.3 is 0 Å². The third kappa shape index (κ3) is 3.14. The summed E-state index contributed by atoms with van der Waals surface area (Å²) >= 11 is 7.89. The number of hydrogen-bond acceptors (Lipinski definition) is 2. The molecule has 2 aromatic carbocycles. The van der Waals surface area contributed by atoms with Crippen molar-refractivity contribution in [1.82, 2.24) is 9.55 Å². The second-order valence-electron chi connectivity index (χ2n) is 4.73. The van der Waals surface area contributed by atoms with Crippen molar-refractivity contribution in [3.05, 3.63) is 71.4 Å². The predicted octanol–water partition coefficient (Wildman–Crippen LogP) is 5.03. The molecule has 0 saturated carbocycles. The molecule has 0 unspecified atom stereocenters. The van der Waals surface area contributed by atoms with Gasteiger partial charge in [0.1, 0.15) is 0 Å². The molecule has 0 fully saturated rings. The lowest BCUT2D eigenvalue weighted by Crippen LogP contribution is -1.94. The Bertz CT molecular complexity index is 738. The first-order valence-corrected chi connectivity index (χ1v) is 8.05. The molecule has 21 heavy (non-hydrogen) atoms. The molecule has 0 N–H and O–H groups in total. The molecule has 0 amide bonds. The zero-order valence-corrected chi connectivity index (χ0v) is 13.2. The Labute approximate surface area is 133 Å². The van der Waals surface area contributed by atoms with E-state index in [4.69, 9.17) is 11.6 Å². The molecule has 0 radical (unpaired) electrons. The summed E-state index contributed by atoms with van der Waals surface area (Å²) in [5, 5.41) is 1.80. The summed E-state index contributed by atoms with van der Waals surface area (Å²) in [6, 6.07) is 18.2. The van der Waals surface area contributed by atoms with Gasteiger partial charge in [0.25, 0.3) is 0 Å². The van der Waals surface area contributed by atoms with Gasteiger partial charge in [-0.15, -0.1) is 0 Å². The molecule has 0 aliphatic carbocycles. The number of rotatable bonds is 4. The summed E-state index contributed by atoms with van der Waals surface area (Å²) in [7, 11) is 2.05. The van der Waals surface area contributed by atoms with E-state index in [1.54, 1.807) is 11.8 Å². The van der Waals surface area contributed by atoms with E-state index >= 15 is 0 Å². The predicted molar refractivity (Wildman–Crippen MR) is 89.7 cm³/mol. The van der Waals surface area contributed by atoms with Crippen LogP contribution in [0.1, 0.15) is 5.56 Å². The highest BCUT2D eigenvalue weighted by molar-refractivity contribution is 7.98. The van der Waals surface area contributed by atoms with Gasteiger partial charge in [0.05, 0.1) is 11.9 Å². The van der Waals surface area contributed by atoms with Crippen LogP contribution >= 0.6 is 23.4 Å². The number of aromatic nitrogens is 2. The first-order chi connectivity index (χ1) is 10.3. The minimum atomic E-state index is 0.808. The highest BCUT2D eigenvalue weighted by Gasteiger charge is 2.09. The number of imidazole rings is 1. The Kier molecular flexibility index (Phi) is 4.32. The van der Waals surface area contributed by atoms with Crippen molar-refractivity contribution in [2.24, 2.45) is 7.05 Å². The molecule has 0 aliphatic rings. The standard InChI is InChI=1S/C17H15ClN2S/c1-20-16(13-7-3-2-4-8-13)11-19-17(20)21-12-14-9-5-6-10-15(14)18/h2-11H,12H2,1H3. The Hall–Kier alpha value is -1.71. The van der Waals surface area contributed by atoms with Gasteiger partial charge in [-0.25, -0.2) is 4.98 Å². The molecule has 3 aromatic rings. The fourth-order valence-electron chi connectivity index (χ4n) is 2.16. The lowest BCUT2D eigenvalue weighted by Gasteiger charge is -2.06. The van der Waals surface area contributed by atoms with Gasteiger partial charge in [0.15, 0.2) is 5.16 Å². The topological polar surface area (TPSA) is 17.8 Å². The van der Waals surface area contributed by atoms with Crippen LogP contribution in [0, 0.1) is 0 Å². The van der Waals surface area contributed by atoms with E-state index in [1.165, 1.54) is 5.56 Å². The molecule has 0 aliphatic heterocycles. The van der Waals surface area contributed by atoms with E-state index in [9.17, 15) is 0 Å². The molecule has 1 heterocycles. The second-order valence-corrected chi connectivity index (χ2v) is 6.08. The van der Waals surface area contributed by atoms with Gasteiger partial charge < -0.3 is 4.57 Å². The Morgan fingerprint density at radius 3 is 2.52 bits per heavy atom. The minimum Gasteiger partial charge on any atom is -0.322 e. The smallest absolute Gasteiger partial charge is 0.168 e. The molecule has 0 bridgehead atoms. The van der Waals surface area contributed by atoms with Crippen LogP contribution in [-0.4, -0.2) is 9.55 Å². The molecule has 106 valence electrons. The summed E-state index contributed by atoms with van der Waals surface area (Å²) < 4.78 is 2.12. The third-order valence-electron chi connectivity index (χ3n) is 3.33. The van der Waals surface area contributed by atoms with Crippen molar-refractivity contribution in [2.75, 3.05) is 0 Å². The number of benzene rings is 2. The summed E-state index contributed by atoms with van der Waals surface area (Å²) in [5.41, 5.74) is 3.43. The molecule has 4 heteroatoms. The van der Waals surface area contributed by atoms with E-state index in [0.717, 1.165) is 27.2 Å². The summed E-state index contributed by atoms with van der Waals surface area (Å²) in [6.45, 7) is 0. The number of hydrogen-bond donors (Lipinski definition) is 0. The lowest BCUT2D eigenvalue weighted by atomic mass is 10.2. The van der Waals surface area contributed by atoms with Gasteiger partial charge in [-0.3, -0.25) is 0 Å². The van der Waals surface area contributed by atoms with E-state index < -0.39 is 0 Å². The van der Waals surface area contributed by atoms with E-state index in [2.05, 4.69) is 27.8 Å². The normalized spacial score (nSPS) is 10.8. The maximum absolute atomic E-state index is 6.19. The largest absolute Gasteiger partial charge is 0.322 e. The third-order valence-corrected chi connectivity index (χ3v) is 4.79. The van der Waals surface area contributed by atoms with Crippen molar-refractivity contribution in [3.8, 4) is 11.3 Å². The van der Waals surface area contributed by atoms with E-state index in [0.29, 0.717) is 0 Å². The zero-order chi connectivity index (χ0) is 14.7. The van der Waals surface area contributed by atoms with Gasteiger partial charge in [0, 0.05) is 17.8 Å². The molecule has 0 spiro atoms. The van der Waals surface area contributed by atoms with Crippen molar-refractivity contribution < 1.29 is 0 Å². The Balaban J connectivity index is 1.79.